The summed E-state index contributed by atoms with van der Waals surface area (Å²) in [7, 11) is 0. The first-order valence-corrected chi connectivity index (χ1v) is 7.67. The molecule has 1 unspecified atom stereocenters. The molecule has 1 aromatic rings. The molecule has 0 radical (unpaired) electrons. The molecule has 0 spiro atoms. The van der Waals surface area contributed by atoms with Gasteiger partial charge in [-0.15, -0.1) is 11.6 Å². The van der Waals surface area contributed by atoms with E-state index < -0.39 is 11.7 Å². The molecule has 0 saturated carbocycles. The molecule has 0 heterocycles. The van der Waals surface area contributed by atoms with E-state index >= 15 is 0 Å². The predicted molar refractivity (Wildman–Crippen MR) is 78.2 cm³/mol. The van der Waals surface area contributed by atoms with E-state index in [4.69, 9.17) is 11.6 Å². The van der Waals surface area contributed by atoms with Crippen LogP contribution < -0.4 is 0 Å². The van der Waals surface area contributed by atoms with Gasteiger partial charge in [0, 0.05) is 5.38 Å². The van der Waals surface area contributed by atoms with Gasteiger partial charge in [0.05, 0.1) is 5.56 Å². The van der Waals surface area contributed by atoms with Crippen molar-refractivity contribution in [3.63, 3.8) is 0 Å². The highest BCUT2D eigenvalue weighted by Gasteiger charge is 2.29. The Labute approximate surface area is 124 Å². The second-order valence-corrected chi connectivity index (χ2v) is 5.82. The number of hydrogen-bond donors (Lipinski definition) is 0. The van der Waals surface area contributed by atoms with Crippen molar-refractivity contribution in [1.82, 2.24) is 0 Å². The Bertz CT molecular complexity index is 370. The van der Waals surface area contributed by atoms with Gasteiger partial charge in [-0.25, -0.2) is 0 Å². The van der Waals surface area contributed by atoms with Crippen molar-refractivity contribution < 1.29 is 13.2 Å². The minimum atomic E-state index is -4.27. The third-order valence-corrected chi connectivity index (χ3v) is 3.73. The quantitative estimate of drug-likeness (QED) is 0.395. The summed E-state index contributed by atoms with van der Waals surface area (Å²) in [5.41, 5.74) is 0.262. The van der Waals surface area contributed by atoms with Crippen molar-refractivity contribution >= 4 is 11.6 Å². The maximum Gasteiger partial charge on any atom is 0.416 e. The largest absolute Gasteiger partial charge is 0.416 e. The van der Waals surface area contributed by atoms with Gasteiger partial charge in [-0.3, -0.25) is 0 Å². The third-order valence-electron chi connectivity index (χ3n) is 3.36. The Kier molecular flexibility index (Phi) is 7.42. The molecule has 4 heteroatoms. The van der Waals surface area contributed by atoms with Gasteiger partial charge in [-0.05, 0) is 30.5 Å². The number of halogens is 4. The van der Waals surface area contributed by atoms with Crippen LogP contribution in [0.4, 0.5) is 13.2 Å². The fourth-order valence-electron chi connectivity index (χ4n) is 2.16. The third kappa shape index (κ3) is 6.65. The Morgan fingerprint density at radius 1 is 1.00 bits per heavy atom. The molecular weight excluding hydrogens is 285 g/mol. The lowest BCUT2D eigenvalue weighted by Crippen LogP contribution is -2.06. The van der Waals surface area contributed by atoms with Gasteiger partial charge in [0.2, 0.25) is 0 Å². The van der Waals surface area contributed by atoms with E-state index in [1.807, 2.05) is 0 Å². The number of alkyl halides is 4. The smallest absolute Gasteiger partial charge is 0.166 e. The summed E-state index contributed by atoms with van der Waals surface area (Å²) in [5.74, 6) is 0. The summed E-state index contributed by atoms with van der Waals surface area (Å²) in [6.07, 6.45) is 3.28. The minimum Gasteiger partial charge on any atom is -0.166 e. The first-order chi connectivity index (χ1) is 9.43. The van der Waals surface area contributed by atoms with Crippen LogP contribution in [0, 0.1) is 0 Å². The van der Waals surface area contributed by atoms with E-state index in [-0.39, 0.29) is 5.38 Å². The van der Waals surface area contributed by atoms with E-state index in [0.29, 0.717) is 6.42 Å². The summed E-state index contributed by atoms with van der Waals surface area (Å²) < 4.78 is 37.3. The molecule has 0 fully saturated rings. The molecule has 0 aliphatic heterocycles. The van der Waals surface area contributed by atoms with Crippen LogP contribution in [0.15, 0.2) is 24.3 Å². The standard InChI is InChI=1S/C16H22ClF3/c1-2-3-4-5-6-7-15(17)12-13-8-10-14(11-9-13)16(18,19)20/h8-11,15H,2-7,12H2,1H3. The monoisotopic (exact) mass is 306 g/mol. The van der Waals surface area contributed by atoms with Crippen molar-refractivity contribution in [3.05, 3.63) is 35.4 Å². The Morgan fingerprint density at radius 2 is 1.60 bits per heavy atom. The zero-order valence-corrected chi connectivity index (χ0v) is 12.6. The van der Waals surface area contributed by atoms with Crippen LogP contribution in [-0.4, -0.2) is 5.38 Å². The van der Waals surface area contributed by atoms with Gasteiger partial charge >= 0.3 is 6.18 Å². The van der Waals surface area contributed by atoms with Crippen LogP contribution >= 0.6 is 11.6 Å². The SMILES string of the molecule is CCCCCCCC(Cl)Cc1ccc(C(F)(F)F)cc1. The molecule has 0 amide bonds. The summed E-state index contributed by atoms with van der Waals surface area (Å²) in [5, 5.41) is 0.00774. The van der Waals surface area contributed by atoms with Gasteiger partial charge in [0.15, 0.2) is 0 Å². The normalized spacial score (nSPS) is 13.4. The van der Waals surface area contributed by atoms with Gasteiger partial charge in [0.25, 0.3) is 0 Å². The zero-order chi connectivity index (χ0) is 15.0. The van der Waals surface area contributed by atoms with Crippen molar-refractivity contribution in [2.24, 2.45) is 0 Å². The molecule has 0 aliphatic rings. The lowest BCUT2D eigenvalue weighted by Gasteiger charge is -2.11. The number of benzene rings is 1. The lowest BCUT2D eigenvalue weighted by molar-refractivity contribution is -0.137. The molecule has 1 atom stereocenters. The first kappa shape index (κ1) is 17.4. The number of rotatable bonds is 8. The summed E-state index contributed by atoms with van der Waals surface area (Å²) >= 11 is 6.24. The van der Waals surface area contributed by atoms with E-state index in [9.17, 15) is 13.2 Å². The fraction of sp³-hybridized carbons (Fsp3) is 0.625. The number of hydrogen-bond acceptors (Lipinski definition) is 0. The van der Waals surface area contributed by atoms with Crippen LogP contribution in [0.5, 0.6) is 0 Å². The molecule has 0 N–H and O–H groups in total. The van der Waals surface area contributed by atoms with Crippen molar-refractivity contribution in [3.8, 4) is 0 Å². The van der Waals surface area contributed by atoms with Gasteiger partial charge in [-0.2, -0.15) is 13.2 Å². The fourth-order valence-corrected chi connectivity index (χ4v) is 2.49. The molecule has 114 valence electrons. The molecule has 20 heavy (non-hydrogen) atoms. The second-order valence-electron chi connectivity index (χ2n) is 5.20. The summed E-state index contributed by atoms with van der Waals surface area (Å²) in [4.78, 5) is 0. The molecular formula is C16H22ClF3. The highest BCUT2D eigenvalue weighted by Crippen LogP contribution is 2.29. The molecule has 1 rings (SSSR count). The van der Waals surface area contributed by atoms with Crippen LogP contribution in [0.1, 0.15) is 56.6 Å². The molecule has 0 aliphatic carbocycles. The van der Waals surface area contributed by atoms with E-state index in [1.165, 1.54) is 37.8 Å². The lowest BCUT2D eigenvalue weighted by atomic mass is 10.0. The topological polar surface area (TPSA) is 0 Å². The average Bonchev–Trinajstić information content (AvgIpc) is 2.38. The minimum absolute atomic E-state index is 0.00774. The molecule has 0 aromatic heterocycles. The highest BCUT2D eigenvalue weighted by atomic mass is 35.5. The van der Waals surface area contributed by atoms with Crippen LogP contribution in [0.2, 0.25) is 0 Å². The van der Waals surface area contributed by atoms with Crippen LogP contribution in [0.25, 0.3) is 0 Å². The van der Waals surface area contributed by atoms with Crippen molar-refractivity contribution in [1.29, 1.82) is 0 Å². The second kappa shape index (κ2) is 8.56. The molecule has 0 nitrogen and oxygen atoms in total. The highest BCUT2D eigenvalue weighted by molar-refractivity contribution is 6.20. The van der Waals surface area contributed by atoms with Gasteiger partial charge in [0.1, 0.15) is 0 Å². The molecule has 0 saturated heterocycles. The van der Waals surface area contributed by atoms with Crippen LogP contribution in [-0.2, 0) is 12.6 Å². The molecule has 0 bridgehead atoms. The van der Waals surface area contributed by atoms with Crippen LogP contribution in [0.3, 0.4) is 0 Å². The first-order valence-electron chi connectivity index (χ1n) is 7.23. The van der Waals surface area contributed by atoms with Crippen molar-refractivity contribution in [2.75, 3.05) is 0 Å². The Balaban J connectivity index is 2.33. The number of unbranched alkanes of at least 4 members (excludes halogenated alkanes) is 4. The summed E-state index contributed by atoms with van der Waals surface area (Å²) in [6.45, 7) is 2.18. The maximum absolute atomic E-state index is 12.4. The van der Waals surface area contributed by atoms with E-state index in [0.717, 1.165) is 30.5 Å². The predicted octanol–water partition coefficient (Wildman–Crippen LogP) is 6.22. The maximum atomic E-state index is 12.4. The zero-order valence-electron chi connectivity index (χ0n) is 11.8. The Hall–Kier alpha value is -0.700. The average molecular weight is 307 g/mol. The van der Waals surface area contributed by atoms with E-state index in [1.54, 1.807) is 0 Å². The summed E-state index contributed by atoms with van der Waals surface area (Å²) in [6, 6.07) is 5.30. The Morgan fingerprint density at radius 3 is 2.15 bits per heavy atom. The molecule has 1 aromatic carbocycles. The van der Waals surface area contributed by atoms with Crippen molar-refractivity contribution in [2.45, 2.75) is 63.4 Å². The van der Waals surface area contributed by atoms with Gasteiger partial charge in [-0.1, -0.05) is 51.2 Å². The van der Waals surface area contributed by atoms with Gasteiger partial charge < -0.3 is 0 Å². The van der Waals surface area contributed by atoms with E-state index in [2.05, 4.69) is 6.92 Å².